The molecule has 0 unspecified atom stereocenters. The highest BCUT2D eigenvalue weighted by atomic mass is 19.4. The Morgan fingerprint density at radius 2 is 1.68 bits per heavy atom. The summed E-state index contributed by atoms with van der Waals surface area (Å²) in [4.78, 5) is 24.4. The van der Waals surface area contributed by atoms with Crippen LogP contribution in [0.25, 0.3) is 11.0 Å². The van der Waals surface area contributed by atoms with Crippen molar-refractivity contribution in [1.82, 2.24) is 19.8 Å². The third-order valence-electron chi connectivity index (χ3n) is 8.89. The van der Waals surface area contributed by atoms with Gasteiger partial charge in [0.15, 0.2) is 0 Å². The Labute approximate surface area is 331 Å². The topological polar surface area (TPSA) is 168 Å². The number of hydrogen-bond acceptors (Lipinski definition) is 12. The number of hydrogen-bond donors (Lipinski definition) is 2. The Morgan fingerprint density at radius 1 is 1.04 bits per heavy atom. The molecular weight excluding hydrogens is 754 g/mol. The first kappa shape index (κ1) is 47.3. The molecule has 0 aliphatic carbocycles. The van der Waals surface area contributed by atoms with Crippen molar-refractivity contribution in [3.63, 3.8) is 0 Å². The molecule has 1 aliphatic rings. The van der Waals surface area contributed by atoms with E-state index in [0.29, 0.717) is 100 Å². The summed E-state index contributed by atoms with van der Waals surface area (Å²) >= 11 is 0. The molecule has 3 N–H and O–H groups in total. The number of nitrogens with two attached hydrogens (primary N) is 1. The number of benzene rings is 1. The van der Waals surface area contributed by atoms with Crippen LogP contribution in [0.4, 0.5) is 17.6 Å². The third-order valence-corrected chi connectivity index (χ3v) is 8.89. The highest BCUT2D eigenvalue weighted by molar-refractivity contribution is 5.97. The quantitative estimate of drug-likeness (QED) is 0.0416. The fourth-order valence-electron chi connectivity index (χ4n) is 5.77. The molecular formula is C39H55F4N7O7. The van der Waals surface area contributed by atoms with E-state index in [9.17, 15) is 22.4 Å². The van der Waals surface area contributed by atoms with Gasteiger partial charge in [0.2, 0.25) is 0 Å². The number of ether oxygens (including phenoxy) is 6. The maximum atomic E-state index is 14.3. The van der Waals surface area contributed by atoms with Crippen molar-refractivity contribution in [3.8, 4) is 6.07 Å². The summed E-state index contributed by atoms with van der Waals surface area (Å²) in [5, 5.41) is 11.8. The predicted octanol–water partition coefficient (Wildman–Crippen LogP) is 4.85. The molecule has 1 amide bonds. The van der Waals surface area contributed by atoms with Crippen molar-refractivity contribution >= 4 is 22.7 Å². The lowest BCUT2D eigenvalue weighted by molar-refractivity contribution is -0.325. The lowest BCUT2D eigenvalue weighted by Crippen LogP contribution is -2.36. The molecule has 0 bridgehead atoms. The lowest BCUT2D eigenvalue weighted by atomic mass is 9.92. The number of carbonyl (C=O) groups excluding carboxylic acids is 1. The molecule has 14 nitrogen and oxygen atoms in total. The van der Waals surface area contributed by atoms with E-state index in [2.05, 4.69) is 26.5 Å². The summed E-state index contributed by atoms with van der Waals surface area (Å²) in [7, 11) is 0. The SMILES string of the molecule is C=C/C(C#N)=C\C(F)=C(/C)COC/N=C(\C)C1CCN(Cc2nc3ccc(C(=O)NCCOCCOCCOCCOCCN)cc3n2CCOC(F)(F)F)CC1. The average Bonchev–Trinajstić information content (AvgIpc) is 3.53. The van der Waals surface area contributed by atoms with Crippen molar-refractivity contribution in [1.29, 1.82) is 5.26 Å². The van der Waals surface area contributed by atoms with Gasteiger partial charge in [-0.15, -0.1) is 13.2 Å². The Hall–Kier alpha value is -4.06. The van der Waals surface area contributed by atoms with E-state index in [1.165, 1.54) is 6.08 Å². The second kappa shape index (κ2) is 26.0. The zero-order valence-electron chi connectivity index (χ0n) is 32.8. The second-order valence-electron chi connectivity index (χ2n) is 13.0. The Kier molecular flexibility index (Phi) is 21.6. The standard InChI is InChI=1S/C39H55F4N7O7/c1-4-31(25-45)23-34(40)29(2)27-56-28-47-30(3)32-7-11-49(12-8-32)26-37-48-35-6-5-33(24-36(35)50(37)13-16-57-39(41,42)43)38(51)46-10-15-53-18-20-55-22-21-54-19-17-52-14-9-44/h4-6,23-24,32H,1,7-22,26-28,44H2,2-3H3,(H,46,51)/b31-23+,34-29-,47-30+. The number of piperidine rings is 1. The number of imidazole rings is 1. The number of rotatable bonds is 27. The maximum absolute atomic E-state index is 14.3. The van der Waals surface area contributed by atoms with Gasteiger partial charge in [0.05, 0.1) is 95.3 Å². The van der Waals surface area contributed by atoms with Crippen molar-refractivity contribution < 1.29 is 50.8 Å². The zero-order valence-corrected chi connectivity index (χ0v) is 32.8. The van der Waals surface area contributed by atoms with Crippen LogP contribution in [0.1, 0.15) is 42.9 Å². The number of fused-ring (bicyclic) bond motifs is 1. The van der Waals surface area contributed by atoms with Crippen molar-refractivity contribution in [2.45, 2.75) is 46.1 Å². The Balaban J connectivity index is 1.50. The molecule has 1 fully saturated rings. The molecule has 1 saturated heterocycles. The van der Waals surface area contributed by atoms with Crippen molar-refractivity contribution in [2.75, 3.05) is 99.0 Å². The number of halogens is 4. The summed E-state index contributed by atoms with van der Waals surface area (Å²) in [6.07, 6.45) is -0.803. The summed E-state index contributed by atoms with van der Waals surface area (Å²) in [5.41, 5.74) is 8.11. The van der Waals surface area contributed by atoms with Crippen molar-refractivity contribution in [2.24, 2.45) is 16.6 Å². The van der Waals surface area contributed by atoms with Crippen molar-refractivity contribution in [3.05, 3.63) is 65.3 Å². The van der Waals surface area contributed by atoms with Gasteiger partial charge < -0.3 is 39.3 Å². The molecule has 18 heteroatoms. The van der Waals surface area contributed by atoms with E-state index in [4.69, 9.17) is 39.7 Å². The average molecular weight is 810 g/mol. The van der Waals surface area contributed by atoms with Gasteiger partial charge in [0.25, 0.3) is 5.91 Å². The highest BCUT2D eigenvalue weighted by Gasteiger charge is 2.29. The number of likely N-dealkylation sites (tertiary alicyclic amines) is 1. The molecule has 1 aliphatic heterocycles. The zero-order chi connectivity index (χ0) is 41.5. The van der Waals surface area contributed by atoms with Crippen LogP contribution in [0.3, 0.4) is 0 Å². The molecule has 2 aromatic rings. The summed E-state index contributed by atoms with van der Waals surface area (Å²) in [6.45, 7) is 12.1. The van der Waals surface area contributed by atoms with Crippen LogP contribution in [0, 0.1) is 17.2 Å². The minimum absolute atomic E-state index is 0.0197. The van der Waals surface area contributed by atoms with Gasteiger partial charge in [-0.1, -0.05) is 12.7 Å². The van der Waals surface area contributed by atoms with E-state index >= 15 is 0 Å². The monoisotopic (exact) mass is 809 g/mol. The van der Waals surface area contributed by atoms with E-state index < -0.39 is 18.8 Å². The number of aliphatic imine (C=N–C) groups is 1. The molecule has 0 atom stereocenters. The third kappa shape index (κ3) is 18.0. The van der Waals surface area contributed by atoms with E-state index in [1.807, 2.05) is 13.0 Å². The molecule has 0 saturated carbocycles. The highest BCUT2D eigenvalue weighted by Crippen LogP contribution is 2.24. The van der Waals surface area contributed by atoms with Gasteiger partial charge in [-0.05, 0) is 75.5 Å². The van der Waals surface area contributed by atoms with Gasteiger partial charge in [-0.3, -0.25) is 19.4 Å². The molecule has 2 heterocycles. The number of alkyl halides is 3. The Morgan fingerprint density at radius 3 is 2.30 bits per heavy atom. The first-order valence-corrected chi connectivity index (χ1v) is 18.8. The van der Waals surface area contributed by atoms with Crippen LogP contribution in [0.5, 0.6) is 0 Å². The van der Waals surface area contributed by atoms with Gasteiger partial charge in [-0.2, -0.15) is 5.26 Å². The maximum Gasteiger partial charge on any atom is 0.522 e. The fraction of sp³-hybridized carbons (Fsp3) is 0.590. The van der Waals surface area contributed by atoms with E-state index in [0.717, 1.165) is 24.6 Å². The van der Waals surface area contributed by atoms with E-state index in [-0.39, 0.29) is 50.4 Å². The van der Waals surface area contributed by atoms with E-state index in [1.54, 1.807) is 29.7 Å². The molecule has 1 aromatic heterocycles. The minimum Gasteiger partial charge on any atom is -0.378 e. The number of carbonyl (C=O) groups is 1. The van der Waals surface area contributed by atoms with Crippen LogP contribution < -0.4 is 11.1 Å². The Bertz CT molecular complexity index is 1680. The first-order valence-electron chi connectivity index (χ1n) is 18.8. The van der Waals surface area contributed by atoms with Crippen LogP contribution in [0.2, 0.25) is 0 Å². The molecule has 57 heavy (non-hydrogen) atoms. The molecule has 0 spiro atoms. The van der Waals surface area contributed by atoms with Gasteiger partial charge in [0.1, 0.15) is 18.4 Å². The molecule has 0 radical (unpaired) electrons. The van der Waals surface area contributed by atoms with Gasteiger partial charge in [0, 0.05) is 30.9 Å². The number of nitrogens with zero attached hydrogens (tertiary/aromatic N) is 5. The smallest absolute Gasteiger partial charge is 0.378 e. The van der Waals surface area contributed by atoms with Crippen LogP contribution in [-0.2, 0) is 41.5 Å². The normalized spacial score (nSPS) is 15.2. The molecule has 3 rings (SSSR count). The second-order valence-corrected chi connectivity index (χ2v) is 13.0. The number of nitrogens with one attached hydrogen (secondary N) is 1. The number of aromatic nitrogens is 2. The number of nitriles is 1. The predicted molar refractivity (Wildman–Crippen MR) is 206 cm³/mol. The van der Waals surface area contributed by atoms with Gasteiger partial charge >= 0.3 is 6.36 Å². The lowest BCUT2D eigenvalue weighted by Gasteiger charge is -2.31. The largest absolute Gasteiger partial charge is 0.522 e. The number of allylic oxidation sites excluding steroid dienone is 4. The minimum atomic E-state index is -4.78. The van der Waals surface area contributed by atoms with Crippen LogP contribution in [-0.4, -0.2) is 131 Å². The van der Waals surface area contributed by atoms with Crippen LogP contribution in [0.15, 0.2) is 58.9 Å². The summed E-state index contributed by atoms with van der Waals surface area (Å²) in [5.74, 6) is -0.149. The number of amides is 1. The summed E-state index contributed by atoms with van der Waals surface area (Å²) in [6, 6.07) is 6.78. The first-order chi connectivity index (χ1) is 27.4. The molecule has 316 valence electrons. The fourth-order valence-corrected chi connectivity index (χ4v) is 5.77. The van der Waals surface area contributed by atoms with Gasteiger partial charge in [-0.25, -0.2) is 9.37 Å². The molecule has 1 aromatic carbocycles. The van der Waals surface area contributed by atoms with Crippen LogP contribution >= 0.6 is 0 Å². The summed E-state index contributed by atoms with van der Waals surface area (Å²) < 4.78 is 85.9.